The van der Waals surface area contributed by atoms with E-state index in [0.29, 0.717) is 0 Å². The number of rotatable bonds is 6. The number of nitrogens with one attached hydrogen (secondary N) is 1. The van der Waals surface area contributed by atoms with Gasteiger partial charge in [0.15, 0.2) is 0 Å². The van der Waals surface area contributed by atoms with Gasteiger partial charge < -0.3 is 16.0 Å². The normalized spacial score (nSPS) is 12.1. The SMILES string of the molecule is CC(C)C(N)CC(=O)N(C)CC(=O)Nc1ccccc1. The van der Waals surface area contributed by atoms with Crippen LogP contribution in [-0.2, 0) is 9.59 Å². The molecule has 20 heavy (non-hydrogen) atoms. The number of amides is 2. The van der Waals surface area contributed by atoms with Gasteiger partial charge in [-0.25, -0.2) is 0 Å². The minimum absolute atomic E-state index is 0.0263. The smallest absolute Gasteiger partial charge is 0.243 e. The number of nitrogens with zero attached hydrogens (tertiary/aromatic N) is 1. The molecule has 0 spiro atoms. The molecule has 1 atom stereocenters. The summed E-state index contributed by atoms with van der Waals surface area (Å²) in [6, 6.07) is 8.97. The highest BCUT2D eigenvalue weighted by Crippen LogP contribution is 2.07. The highest BCUT2D eigenvalue weighted by atomic mass is 16.2. The van der Waals surface area contributed by atoms with Gasteiger partial charge >= 0.3 is 0 Å². The Morgan fingerprint density at radius 3 is 2.40 bits per heavy atom. The molecule has 0 fully saturated rings. The van der Waals surface area contributed by atoms with E-state index in [9.17, 15) is 9.59 Å². The number of para-hydroxylation sites is 1. The van der Waals surface area contributed by atoms with Gasteiger partial charge in [0.2, 0.25) is 11.8 Å². The number of benzene rings is 1. The van der Waals surface area contributed by atoms with Gasteiger partial charge in [0.05, 0.1) is 6.54 Å². The van der Waals surface area contributed by atoms with Crippen molar-refractivity contribution in [1.82, 2.24) is 4.90 Å². The fourth-order valence-electron chi connectivity index (χ4n) is 1.62. The molecule has 0 saturated carbocycles. The highest BCUT2D eigenvalue weighted by molar-refractivity contribution is 5.94. The zero-order valence-electron chi connectivity index (χ0n) is 12.3. The second-order valence-electron chi connectivity index (χ2n) is 5.28. The summed E-state index contributed by atoms with van der Waals surface area (Å²) in [5.74, 6) is -0.0925. The number of carbonyl (C=O) groups excluding carboxylic acids is 2. The lowest BCUT2D eigenvalue weighted by Gasteiger charge is -2.21. The fraction of sp³-hybridized carbons (Fsp3) is 0.467. The second kappa shape index (κ2) is 7.65. The fourth-order valence-corrected chi connectivity index (χ4v) is 1.62. The first-order chi connectivity index (χ1) is 9.40. The monoisotopic (exact) mass is 277 g/mol. The highest BCUT2D eigenvalue weighted by Gasteiger charge is 2.18. The van der Waals surface area contributed by atoms with Crippen LogP contribution in [0.2, 0.25) is 0 Å². The van der Waals surface area contributed by atoms with E-state index in [1.165, 1.54) is 4.90 Å². The summed E-state index contributed by atoms with van der Waals surface area (Å²) < 4.78 is 0. The van der Waals surface area contributed by atoms with Gasteiger partial charge in [-0.2, -0.15) is 0 Å². The third kappa shape index (κ3) is 5.40. The van der Waals surface area contributed by atoms with E-state index in [2.05, 4.69) is 5.32 Å². The standard InChI is InChI=1S/C15H23N3O2/c1-11(2)13(16)9-15(20)18(3)10-14(19)17-12-7-5-4-6-8-12/h4-8,11,13H,9-10,16H2,1-3H3,(H,17,19). The lowest BCUT2D eigenvalue weighted by atomic mass is 10.0. The van der Waals surface area contributed by atoms with Crippen molar-refractivity contribution in [3.05, 3.63) is 30.3 Å². The predicted molar refractivity (Wildman–Crippen MR) is 80.1 cm³/mol. The minimum Gasteiger partial charge on any atom is -0.336 e. The lowest BCUT2D eigenvalue weighted by Crippen LogP contribution is -2.39. The Kier molecular flexibility index (Phi) is 6.18. The van der Waals surface area contributed by atoms with Crippen molar-refractivity contribution >= 4 is 17.5 Å². The number of likely N-dealkylation sites (N-methyl/N-ethyl adjacent to an activating group) is 1. The number of hydrogen-bond donors (Lipinski definition) is 2. The van der Waals surface area contributed by atoms with Gasteiger partial charge in [-0.3, -0.25) is 9.59 Å². The third-order valence-electron chi connectivity index (χ3n) is 3.13. The Hall–Kier alpha value is -1.88. The van der Waals surface area contributed by atoms with Crippen LogP contribution < -0.4 is 11.1 Å². The summed E-state index contributed by atoms with van der Waals surface area (Å²) >= 11 is 0. The van der Waals surface area contributed by atoms with E-state index in [1.54, 1.807) is 19.2 Å². The van der Waals surface area contributed by atoms with Crippen molar-refractivity contribution in [2.24, 2.45) is 11.7 Å². The molecule has 2 amide bonds. The molecule has 1 aromatic carbocycles. The van der Waals surface area contributed by atoms with Crippen molar-refractivity contribution in [3.8, 4) is 0 Å². The molecular formula is C15H23N3O2. The van der Waals surface area contributed by atoms with Crippen LogP contribution >= 0.6 is 0 Å². The van der Waals surface area contributed by atoms with E-state index < -0.39 is 0 Å². The van der Waals surface area contributed by atoms with E-state index in [-0.39, 0.29) is 36.7 Å². The third-order valence-corrected chi connectivity index (χ3v) is 3.13. The largest absolute Gasteiger partial charge is 0.336 e. The van der Waals surface area contributed by atoms with Crippen molar-refractivity contribution in [1.29, 1.82) is 0 Å². The van der Waals surface area contributed by atoms with E-state index in [0.717, 1.165) is 5.69 Å². The van der Waals surface area contributed by atoms with E-state index >= 15 is 0 Å². The quantitative estimate of drug-likeness (QED) is 0.826. The summed E-state index contributed by atoms with van der Waals surface area (Å²) in [5.41, 5.74) is 6.58. The molecule has 0 heterocycles. The molecule has 3 N–H and O–H groups in total. The number of anilines is 1. The van der Waals surface area contributed by atoms with Crippen molar-refractivity contribution in [2.75, 3.05) is 18.9 Å². The number of hydrogen-bond acceptors (Lipinski definition) is 3. The maximum atomic E-state index is 11.9. The number of carbonyl (C=O) groups is 2. The minimum atomic E-state index is -0.217. The molecule has 0 bridgehead atoms. The lowest BCUT2D eigenvalue weighted by molar-refractivity contribution is -0.133. The van der Waals surface area contributed by atoms with Gasteiger partial charge in [0.25, 0.3) is 0 Å². The topological polar surface area (TPSA) is 75.4 Å². The molecule has 0 aliphatic heterocycles. The Balaban J connectivity index is 2.43. The predicted octanol–water partition coefficient (Wildman–Crippen LogP) is 1.46. The number of nitrogens with two attached hydrogens (primary N) is 1. The zero-order valence-corrected chi connectivity index (χ0v) is 12.3. The molecule has 0 saturated heterocycles. The average molecular weight is 277 g/mol. The summed E-state index contributed by atoms with van der Waals surface area (Å²) in [4.78, 5) is 25.1. The molecule has 110 valence electrons. The molecule has 1 rings (SSSR count). The molecule has 0 aliphatic rings. The molecule has 5 nitrogen and oxygen atoms in total. The van der Waals surface area contributed by atoms with Crippen LogP contribution in [0.5, 0.6) is 0 Å². The maximum absolute atomic E-state index is 11.9. The van der Waals surface area contributed by atoms with Crippen LogP contribution in [0, 0.1) is 5.92 Å². The molecule has 1 aromatic rings. The summed E-state index contributed by atoms with van der Waals surface area (Å²) in [5, 5.41) is 2.74. The van der Waals surface area contributed by atoms with Crippen molar-refractivity contribution in [2.45, 2.75) is 26.3 Å². The summed E-state index contributed by atoms with van der Waals surface area (Å²) in [7, 11) is 1.61. The van der Waals surface area contributed by atoms with Crippen LogP contribution in [0.1, 0.15) is 20.3 Å². The Bertz CT molecular complexity index is 446. The Morgan fingerprint density at radius 2 is 1.85 bits per heavy atom. The second-order valence-corrected chi connectivity index (χ2v) is 5.28. The van der Waals surface area contributed by atoms with Gasteiger partial charge in [-0.15, -0.1) is 0 Å². The molecular weight excluding hydrogens is 254 g/mol. The summed E-state index contributed by atoms with van der Waals surface area (Å²) in [6.07, 6.45) is 0.257. The first kappa shape index (κ1) is 16.2. The van der Waals surface area contributed by atoms with Gasteiger partial charge in [-0.1, -0.05) is 32.0 Å². The summed E-state index contributed by atoms with van der Waals surface area (Å²) in [6.45, 7) is 3.97. The van der Waals surface area contributed by atoms with Crippen molar-refractivity contribution < 1.29 is 9.59 Å². The van der Waals surface area contributed by atoms with Crippen molar-refractivity contribution in [3.63, 3.8) is 0 Å². The first-order valence-corrected chi connectivity index (χ1v) is 6.74. The first-order valence-electron chi connectivity index (χ1n) is 6.74. The molecule has 0 aliphatic carbocycles. The van der Waals surface area contributed by atoms with Crippen LogP contribution in [0.4, 0.5) is 5.69 Å². The van der Waals surface area contributed by atoms with Crippen LogP contribution in [0.3, 0.4) is 0 Å². The maximum Gasteiger partial charge on any atom is 0.243 e. The van der Waals surface area contributed by atoms with Crippen LogP contribution in [-0.4, -0.2) is 36.3 Å². The van der Waals surface area contributed by atoms with Gasteiger partial charge in [-0.05, 0) is 18.1 Å². The van der Waals surface area contributed by atoms with Crippen LogP contribution in [0.15, 0.2) is 30.3 Å². The molecule has 5 heteroatoms. The molecule has 0 radical (unpaired) electrons. The van der Waals surface area contributed by atoms with E-state index in [4.69, 9.17) is 5.73 Å². The Labute approximate surface area is 120 Å². The molecule has 0 aromatic heterocycles. The average Bonchev–Trinajstić information content (AvgIpc) is 2.39. The zero-order chi connectivity index (χ0) is 15.1. The van der Waals surface area contributed by atoms with Gasteiger partial charge in [0.1, 0.15) is 0 Å². The van der Waals surface area contributed by atoms with E-state index in [1.807, 2.05) is 32.0 Å². The Morgan fingerprint density at radius 1 is 1.25 bits per heavy atom. The molecule has 1 unspecified atom stereocenters. The van der Waals surface area contributed by atoms with Gasteiger partial charge in [0, 0.05) is 25.2 Å². The van der Waals surface area contributed by atoms with Crippen LogP contribution in [0.25, 0.3) is 0 Å².